The first-order valence-electron chi connectivity index (χ1n) is 11.2. The number of carbonyl (C=O) groups excluding carboxylic acids is 2. The quantitative estimate of drug-likeness (QED) is 0.513. The highest BCUT2D eigenvalue weighted by Crippen LogP contribution is 2.42. The first-order chi connectivity index (χ1) is 17.0. The van der Waals surface area contributed by atoms with Crippen LogP contribution >= 0.6 is 11.8 Å². The Labute approximate surface area is 206 Å². The minimum Gasteiger partial charge on any atom is -0.486 e. The Morgan fingerprint density at radius 1 is 1.09 bits per heavy atom. The molecule has 0 spiro atoms. The van der Waals surface area contributed by atoms with Gasteiger partial charge in [-0.15, -0.1) is 0 Å². The van der Waals surface area contributed by atoms with Gasteiger partial charge in [0, 0.05) is 10.5 Å². The Hall–Kier alpha value is -3.78. The molecule has 1 N–H and O–H groups in total. The summed E-state index contributed by atoms with van der Waals surface area (Å²) in [5.74, 6) is 0.257. The van der Waals surface area contributed by atoms with Gasteiger partial charge >= 0.3 is 0 Å². The maximum Gasteiger partial charge on any atom is 0.265 e. The standard InChI is InChI=1S/C27H23FN2O4S/c1-17(18-10-11-22-23(14-18)34-13-12-33-22)29-26(31)16-30-21-8-4-5-9-24(21)35-25(27(30)32)15-19-6-2-3-7-20(19)28/h2-11,14-15,17H,12-13,16H2,1H3,(H,29,31)/b25-15-. The molecule has 3 aromatic rings. The van der Waals surface area contributed by atoms with E-state index in [9.17, 15) is 14.0 Å². The lowest BCUT2D eigenvalue weighted by Gasteiger charge is -2.30. The summed E-state index contributed by atoms with van der Waals surface area (Å²) in [6.07, 6.45) is 1.53. The summed E-state index contributed by atoms with van der Waals surface area (Å²) in [6, 6.07) is 18.9. The highest BCUT2D eigenvalue weighted by atomic mass is 32.2. The molecule has 0 saturated carbocycles. The predicted octanol–water partition coefficient (Wildman–Crippen LogP) is 4.95. The number of anilines is 1. The lowest BCUT2D eigenvalue weighted by atomic mass is 10.1. The number of hydrogen-bond donors (Lipinski definition) is 1. The van der Waals surface area contributed by atoms with E-state index in [2.05, 4.69) is 5.32 Å². The minimum absolute atomic E-state index is 0.167. The smallest absolute Gasteiger partial charge is 0.265 e. The Kier molecular flexibility index (Phi) is 6.46. The summed E-state index contributed by atoms with van der Waals surface area (Å²) < 4.78 is 25.4. The lowest BCUT2D eigenvalue weighted by molar-refractivity contribution is -0.122. The molecule has 0 radical (unpaired) electrons. The lowest BCUT2D eigenvalue weighted by Crippen LogP contribution is -2.43. The number of para-hydroxylation sites is 1. The summed E-state index contributed by atoms with van der Waals surface area (Å²) in [6.45, 7) is 2.69. The molecule has 0 bridgehead atoms. The number of benzene rings is 3. The van der Waals surface area contributed by atoms with E-state index in [0.29, 0.717) is 40.9 Å². The summed E-state index contributed by atoms with van der Waals surface area (Å²) in [5.41, 5.74) is 1.83. The van der Waals surface area contributed by atoms with Crippen molar-refractivity contribution in [2.24, 2.45) is 0 Å². The van der Waals surface area contributed by atoms with Crippen molar-refractivity contribution in [3.8, 4) is 11.5 Å². The van der Waals surface area contributed by atoms with E-state index >= 15 is 0 Å². The molecule has 2 aliphatic heterocycles. The van der Waals surface area contributed by atoms with Gasteiger partial charge in [-0.1, -0.05) is 48.2 Å². The van der Waals surface area contributed by atoms with Gasteiger partial charge in [0.25, 0.3) is 5.91 Å². The molecule has 0 fully saturated rings. The molecule has 0 saturated heterocycles. The van der Waals surface area contributed by atoms with Gasteiger partial charge in [0.15, 0.2) is 11.5 Å². The van der Waals surface area contributed by atoms with E-state index in [1.165, 1.54) is 28.8 Å². The van der Waals surface area contributed by atoms with Crippen LogP contribution in [0.5, 0.6) is 11.5 Å². The number of ether oxygens (including phenoxy) is 2. The summed E-state index contributed by atoms with van der Waals surface area (Å²) in [4.78, 5) is 29.0. The van der Waals surface area contributed by atoms with Crippen molar-refractivity contribution in [2.45, 2.75) is 17.9 Å². The Morgan fingerprint density at radius 3 is 2.66 bits per heavy atom. The van der Waals surface area contributed by atoms with E-state index in [1.54, 1.807) is 24.3 Å². The Bertz CT molecular complexity index is 1330. The summed E-state index contributed by atoms with van der Waals surface area (Å²) in [7, 11) is 0. The van der Waals surface area contributed by atoms with Crippen molar-refractivity contribution in [1.29, 1.82) is 0 Å². The van der Waals surface area contributed by atoms with Gasteiger partial charge in [0.1, 0.15) is 25.6 Å². The molecule has 8 heteroatoms. The van der Waals surface area contributed by atoms with Crippen LogP contribution in [0.25, 0.3) is 6.08 Å². The maximum absolute atomic E-state index is 14.2. The second-order valence-corrected chi connectivity index (χ2v) is 9.27. The second kappa shape index (κ2) is 9.84. The zero-order chi connectivity index (χ0) is 24.4. The van der Waals surface area contributed by atoms with E-state index in [4.69, 9.17) is 9.47 Å². The van der Waals surface area contributed by atoms with Gasteiger partial charge < -0.3 is 14.8 Å². The number of nitrogens with one attached hydrogen (secondary N) is 1. The van der Waals surface area contributed by atoms with Gasteiger partial charge in [-0.05, 0) is 48.9 Å². The molecule has 1 unspecified atom stereocenters. The fourth-order valence-electron chi connectivity index (χ4n) is 4.00. The van der Waals surface area contributed by atoms with Gasteiger partial charge in [-0.25, -0.2) is 4.39 Å². The third-order valence-corrected chi connectivity index (χ3v) is 6.85. The molecular formula is C27H23FN2O4S. The topological polar surface area (TPSA) is 67.9 Å². The number of nitrogens with zero attached hydrogens (tertiary/aromatic N) is 1. The molecule has 2 heterocycles. The minimum atomic E-state index is -0.412. The van der Waals surface area contributed by atoms with Gasteiger partial charge in [-0.2, -0.15) is 0 Å². The third kappa shape index (κ3) is 4.88. The molecule has 2 aliphatic rings. The van der Waals surface area contributed by atoms with Crippen molar-refractivity contribution < 1.29 is 23.5 Å². The number of carbonyl (C=O) groups is 2. The van der Waals surface area contributed by atoms with Crippen LogP contribution in [0.15, 0.2) is 76.5 Å². The summed E-state index contributed by atoms with van der Waals surface area (Å²) >= 11 is 1.27. The molecule has 1 atom stereocenters. The van der Waals surface area contributed by atoms with Crippen LogP contribution in [0.3, 0.4) is 0 Å². The second-order valence-electron chi connectivity index (χ2n) is 8.18. The van der Waals surface area contributed by atoms with Crippen molar-refractivity contribution in [3.63, 3.8) is 0 Å². The normalized spacial score (nSPS) is 16.6. The molecule has 6 nitrogen and oxygen atoms in total. The monoisotopic (exact) mass is 490 g/mol. The van der Waals surface area contributed by atoms with Crippen molar-refractivity contribution in [1.82, 2.24) is 5.32 Å². The predicted molar refractivity (Wildman–Crippen MR) is 133 cm³/mol. The molecular weight excluding hydrogens is 467 g/mol. The Balaban J connectivity index is 1.36. The molecule has 5 rings (SSSR count). The molecule has 3 aromatic carbocycles. The average Bonchev–Trinajstić information content (AvgIpc) is 2.87. The van der Waals surface area contributed by atoms with E-state index in [1.807, 2.05) is 43.3 Å². The molecule has 0 aromatic heterocycles. The van der Waals surface area contributed by atoms with E-state index in [-0.39, 0.29) is 24.4 Å². The SMILES string of the molecule is CC(NC(=O)CN1C(=O)/C(=C/c2ccccc2F)Sc2ccccc21)c1ccc2c(c1)OCCO2. The number of thioether (sulfide) groups is 1. The zero-order valence-electron chi connectivity index (χ0n) is 19.0. The van der Waals surface area contributed by atoms with Crippen LogP contribution in [-0.4, -0.2) is 31.6 Å². The van der Waals surface area contributed by atoms with Crippen LogP contribution in [0, 0.1) is 5.82 Å². The van der Waals surface area contributed by atoms with Gasteiger partial charge in [-0.3, -0.25) is 14.5 Å². The van der Waals surface area contributed by atoms with Gasteiger partial charge in [0.2, 0.25) is 5.91 Å². The first kappa shape index (κ1) is 23.0. The fraction of sp³-hybridized carbons (Fsp3) is 0.185. The highest BCUT2D eigenvalue weighted by molar-refractivity contribution is 8.04. The molecule has 0 aliphatic carbocycles. The molecule has 35 heavy (non-hydrogen) atoms. The van der Waals surface area contributed by atoms with Crippen molar-refractivity contribution in [2.75, 3.05) is 24.7 Å². The number of halogens is 1. The number of amides is 2. The number of fused-ring (bicyclic) bond motifs is 2. The Morgan fingerprint density at radius 2 is 1.83 bits per heavy atom. The average molecular weight is 491 g/mol. The van der Waals surface area contributed by atoms with E-state index < -0.39 is 5.82 Å². The van der Waals surface area contributed by atoms with Crippen LogP contribution in [0.1, 0.15) is 24.1 Å². The number of rotatable bonds is 5. The largest absolute Gasteiger partial charge is 0.486 e. The summed E-state index contributed by atoms with van der Waals surface area (Å²) in [5, 5.41) is 2.96. The van der Waals surface area contributed by atoms with Gasteiger partial charge in [0.05, 0.1) is 16.6 Å². The fourth-order valence-corrected chi connectivity index (χ4v) is 5.05. The third-order valence-electron chi connectivity index (χ3n) is 5.77. The zero-order valence-corrected chi connectivity index (χ0v) is 19.8. The van der Waals surface area contributed by atoms with Crippen LogP contribution in [0.2, 0.25) is 0 Å². The molecule has 178 valence electrons. The first-order valence-corrected chi connectivity index (χ1v) is 12.0. The highest BCUT2D eigenvalue weighted by Gasteiger charge is 2.31. The van der Waals surface area contributed by atoms with Crippen LogP contribution in [-0.2, 0) is 9.59 Å². The van der Waals surface area contributed by atoms with E-state index in [0.717, 1.165) is 10.5 Å². The number of hydrogen-bond acceptors (Lipinski definition) is 5. The van der Waals surface area contributed by atoms with Crippen LogP contribution in [0.4, 0.5) is 10.1 Å². The van der Waals surface area contributed by atoms with Crippen molar-refractivity contribution in [3.05, 3.63) is 88.6 Å². The van der Waals surface area contributed by atoms with Crippen LogP contribution < -0.4 is 19.7 Å². The van der Waals surface area contributed by atoms with Crippen molar-refractivity contribution >= 4 is 35.3 Å². The maximum atomic E-state index is 14.2. The molecule has 2 amide bonds.